The quantitative estimate of drug-likeness (QED) is 0.626. The molecule has 0 fully saturated rings. The van der Waals surface area contributed by atoms with E-state index in [1.165, 1.54) is 18.2 Å². The molecule has 20 heavy (non-hydrogen) atoms. The van der Waals surface area contributed by atoms with E-state index in [0.717, 1.165) is 10.9 Å². The molecule has 100 valence electrons. The van der Waals surface area contributed by atoms with Crippen molar-refractivity contribution in [2.45, 2.75) is 0 Å². The Morgan fingerprint density at radius 1 is 1.25 bits per heavy atom. The molecule has 4 N–H and O–H groups in total. The van der Waals surface area contributed by atoms with Gasteiger partial charge in [0.25, 0.3) is 5.91 Å². The number of hydrogen-bond acceptors (Lipinski definition) is 3. The van der Waals surface area contributed by atoms with E-state index in [0.29, 0.717) is 5.69 Å². The first kappa shape index (κ1) is 12.2. The fraction of sp³-hybridized carbons (Fsp3) is 0. The van der Waals surface area contributed by atoms with Crippen molar-refractivity contribution in [3.63, 3.8) is 0 Å². The number of carbonyl (C=O) groups excluding carboxylic acids is 1. The lowest BCUT2D eigenvalue weighted by Crippen LogP contribution is -2.13. The van der Waals surface area contributed by atoms with E-state index in [4.69, 9.17) is 5.73 Å². The van der Waals surface area contributed by atoms with Crippen LogP contribution in [0, 0.1) is 5.82 Å². The molecular formula is C14H11FN4O. The summed E-state index contributed by atoms with van der Waals surface area (Å²) < 4.78 is 13.1. The number of anilines is 2. The van der Waals surface area contributed by atoms with Gasteiger partial charge < -0.3 is 11.1 Å². The number of nitrogens with one attached hydrogen (secondary N) is 2. The molecule has 1 heterocycles. The summed E-state index contributed by atoms with van der Waals surface area (Å²) in [4.78, 5) is 12.2. The van der Waals surface area contributed by atoms with E-state index in [1.807, 2.05) is 18.2 Å². The van der Waals surface area contributed by atoms with Crippen LogP contribution in [0.2, 0.25) is 0 Å². The van der Waals surface area contributed by atoms with Gasteiger partial charge >= 0.3 is 0 Å². The molecule has 0 aliphatic rings. The van der Waals surface area contributed by atoms with Crippen LogP contribution in [-0.2, 0) is 0 Å². The second kappa shape index (κ2) is 4.65. The van der Waals surface area contributed by atoms with E-state index in [1.54, 1.807) is 6.07 Å². The van der Waals surface area contributed by atoms with Crippen molar-refractivity contribution in [2.24, 2.45) is 0 Å². The average molecular weight is 270 g/mol. The number of hydrogen-bond donors (Lipinski definition) is 3. The van der Waals surface area contributed by atoms with Gasteiger partial charge in [0.15, 0.2) is 5.69 Å². The molecule has 0 aliphatic heterocycles. The predicted molar refractivity (Wildman–Crippen MR) is 74.9 cm³/mol. The molecule has 0 saturated carbocycles. The minimum Gasteiger partial charge on any atom is -0.396 e. The second-order valence-electron chi connectivity index (χ2n) is 4.31. The average Bonchev–Trinajstić information content (AvgIpc) is 2.87. The van der Waals surface area contributed by atoms with Crippen molar-refractivity contribution in [3.05, 3.63) is 54.0 Å². The van der Waals surface area contributed by atoms with Crippen LogP contribution in [0.1, 0.15) is 10.5 Å². The molecule has 3 rings (SSSR count). The van der Waals surface area contributed by atoms with Crippen molar-refractivity contribution in [2.75, 3.05) is 11.1 Å². The zero-order valence-corrected chi connectivity index (χ0v) is 10.4. The van der Waals surface area contributed by atoms with Gasteiger partial charge in [-0.25, -0.2) is 4.39 Å². The highest BCUT2D eigenvalue weighted by Crippen LogP contribution is 2.19. The minimum atomic E-state index is -0.520. The van der Waals surface area contributed by atoms with Gasteiger partial charge in [-0.3, -0.25) is 9.89 Å². The van der Waals surface area contributed by atoms with Crippen LogP contribution in [0.15, 0.2) is 42.5 Å². The van der Waals surface area contributed by atoms with E-state index in [9.17, 15) is 9.18 Å². The summed E-state index contributed by atoms with van der Waals surface area (Å²) in [5, 5.41) is 10.1. The molecule has 0 atom stereocenters. The Bertz CT molecular complexity index is 797. The summed E-state index contributed by atoms with van der Waals surface area (Å²) >= 11 is 0. The summed E-state index contributed by atoms with van der Waals surface area (Å²) in [5.74, 6) is -0.901. The van der Waals surface area contributed by atoms with E-state index in [-0.39, 0.29) is 17.3 Å². The molecule has 1 amide bonds. The number of fused-ring (bicyclic) bond motifs is 1. The summed E-state index contributed by atoms with van der Waals surface area (Å²) in [6.45, 7) is 0. The number of carbonyl (C=O) groups is 1. The Balaban J connectivity index is 1.91. The van der Waals surface area contributed by atoms with Gasteiger partial charge in [-0.05, 0) is 24.3 Å². The van der Waals surface area contributed by atoms with E-state index < -0.39 is 5.82 Å². The molecule has 0 aliphatic carbocycles. The molecule has 0 saturated heterocycles. The van der Waals surface area contributed by atoms with Crippen LogP contribution in [0.3, 0.4) is 0 Å². The largest absolute Gasteiger partial charge is 0.396 e. The topological polar surface area (TPSA) is 83.8 Å². The van der Waals surface area contributed by atoms with Gasteiger partial charge in [0.1, 0.15) is 5.82 Å². The van der Waals surface area contributed by atoms with Crippen LogP contribution in [-0.4, -0.2) is 16.1 Å². The van der Waals surface area contributed by atoms with Crippen molar-refractivity contribution in [1.29, 1.82) is 0 Å². The highest BCUT2D eigenvalue weighted by Gasteiger charge is 2.14. The first-order valence-corrected chi connectivity index (χ1v) is 5.94. The molecule has 5 nitrogen and oxygen atoms in total. The van der Waals surface area contributed by atoms with Gasteiger partial charge in [-0.15, -0.1) is 0 Å². The molecule has 1 aromatic heterocycles. The Hall–Kier alpha value is -2.89. The zero-order chi connectivity index (χ0) is 14.1. The lowest BCUT2D eigenvalue weighted by atomic mass is 10.2. The maximum absolute atomic E-state index is 13.1. The van der Waals surface area contributed by atoms with Crippen LogP contribution >= 0.6 is 0 Å². The van der Waals surface area contributed by atoms with Gasteiger partial charge in [-0.1, -0.05) is 18.2 Å². The number of aromatic amines is 1. The molecule has 0 radical (unpaired) electrons. The third-order valence-electron chi connectivity index (χ3n) is 2.94. The molecule has 0 bridgehead atoms. The fourth-order valence-electron chi connectivity index (χ4n) is 1.95. The molecule has 6 heteroatoms. The Morgan fingerprint density at radius 3 is 2.85 bits per heavy atom. The van der Waals surface area contributed by atoms with Gasteiger partial charge in [0.2, 0.25) is 0 Å². The summed E-state index contributed by atoms with van der Waals surface area (Å²) in [5.41, 5.74) is 6.91. The van der Waals surface area contributed by atoms with Crippen molar-refractivity contribution >= 4 is 28.2 Å². The van der Waals surface area contributed by atoms with Gasteiger partial charge in [-0.2, -0.15) is 5.10 Å². The van der Waals surface area contributed by atoms with Crippen molar-refractivity contribution < 1.29 is 9.18 Å². The minimum absolute atomic E-state index is 0.0188. The van der Waals surface area contributed by atoms with E-state index in [2.05, 4.69) is 15.5 Å². The first-order valence-electron chi connectivity index (χ1n) is 5.94. The number of benzene rings is 2. The van der Waals surface area contributed by atoms with Crippen LogP contribution in [0.4, 0.5) is 15.8 Å². The molecule has 2 aromatic carbocycles. The standard InChI is InChI=1S/C14H11FN4O/c15-10-6-5-8(7-11(10)16)17-14(20)13-9-3-1-2-4-12(9)18-19-13/h1-7H,16H2,(H,17,20)(H,18,19). The number of nitrogen functional groups attached to an aromatic ring is 1. The number of H-pyrrole nitrogens is 1. The number of amides is 1. The lowest BCUT2D eigenvalue weighted by Gasteiger charge is -2.05. The molecule has 0 spiro atoms. The summed E-state index contributed by atoms with van der Waals surface area (Å²) in [6.07, 6.45) is 0. The third kappa shape index (κ3) is 2.07. The Kier molecular flexibility index (Phi) is 2.83. The zero-order valence-electron chi connectivity index (χ0n) is 10.4. The number of halogens is 1. The first-order chi connectivity index (χ1) is 9.65. The van der Waals surface area contributed by atoms with Crippen LogP contribution in [0.25, 0.3) is 10.9 Å². The fourth-order valence-corrected chi connectivity index (χ4v) is 1.95. The smallest absolute Gasteiger partial charge is 0.276 e. The Labute approximate surface area is 113 Å². The molecule has 3 aromatic rings. The molecule has 0 unspecified atom stereocenters. The monoisotopic (exact) mass is 270 g/mol. The summed E-state index contributed by atoms with van der Waals surface area (Å²) in [6, 6.07) is 11.3. The van der Waals surface area contributed by atoms with Crippen LogP contribution in [0.5, 0.6) is 0 Å². The number of nitrogens with zero attached hydrogens (tertiary/aromatic N) is 1. The Morgan fingerprint density at radius 2 is 2.05 bits per heavy atom. The predicted octanol–water partition coefficient (Wildman–Crippen LogP) is 2.54. The SMILES string of the molecule is Nc1cc(NC(=O)c2n[nH]c3ccccc23)ccc1F. The highest BCUT2D eigenvalue weighted by atomic mass is 19.1. The van der Waals surface area contributed by atoms with Gasteiger partial charge in [0.05, 0.1) is 11.2 Å². The maximum atomic E-state index is 13.1. The number of nitrogens with two attached hydrogens (primary N) is 1. The number of para-hydroxylation sites is 1. The van der Waals surface area contributed by atoms with Gasteiger partial charge in [0, 0.05) is 11.1 Å². The maximum Gasteiger partial charge on any atom is 0.276 e. The van der Waals surface area contributed by atoms with Crippen LogP contribution < -0.4 is 11.1 Å². The van der Waals surface area contributed by atoms with Crippen molar-refractivity contribution in [1.82, 2.24) is 10.2 Å². The number of aromatic nitrogens is 2. The summed E-state index contributed by atoms with van der Waals surface area (Å²) in [7, 11) is 0. The highest BCUT2D eigenvalue weighted by molar-refractivity contribution is 6.11. The number of rotatable bonds is 2. The second-order valence-corrected chi connectivity index (χ2v) is 4.31. The third-order valence-corrected chi connectivity index (χ3v) is 2.94. The lowest BCUT2D eigenvalue weighted by molar-refractivity contribution is 0.102. The normalized spacial score (nSPS) is 10.7. The van der Waals surface area contributed by atoms with Crippen molar-refractivity contribution in [3.8, 4) is 0 Å². The van der Waals surface area contributed by atoms with E-state index >= 15 is 0 Å². The molecular weight excluding hydrogens is 259 g/mol.